The number of furan rings is 1. The van der Waals surface area contributed by atoms with E-state index in [1.165, 1.54) is 0 Å². The highest BCUT2D eigenvalue weighted by Gasteiger charge is 2.14. The van der Waals surface area contributed by atoms with Crippen LogP contribution in [0, 0.1) is 0 Å². The van der Waals surface area contributed by atoms with Crippen LogP contribution in [-0.4, -0.2) is 16.3 Å². The quantitative estimate of drug-likeness (QED) is 0.755. The first kappa shape index (κ1) is 15.1. The Kier molecular flexibility index (Phi) is 5.23. The topological polar surface area (TPSA) is 65.6 Å². The Bertz CT molecular complexity index is 542. The summed E-state index contributed by atoms with van der Waals surface area (Å²) in [6.07, 6.45) is 1.50. The number of phenols is 1. The summed E-state index contributed by atoms with van der Waals surface area (Å²) in [5.74, 6) is 0.824. The van der Waals surface area contributed by atoms with Gasteiger partial charge in [-0.15, -0.1) is 0 Å². The number of phenolic OH excluding ortho intramolecular Hbond substituents is 1. The third-order valence-electron chi connectivity index (χ3n) is 3.12. The number of rotatable bonds is 6. The van der Waals surface area contributed by atoms with Gasteiger partial charge in [0.05, 0.1) is 6.26 Å². The molecule has 1 aromatic heterocycles. The van der Waals surface area contributed by atoms with Crippen LogP contribution in [-0.2, 0) is 6.54 Å². The summed E-state index contributed by atoms with van der Waals surface area (Å²) in [4.78, 5) is 0. The fourth-order valence-electron chi connectivity index (χ4n) is 2.00. The summed E-state index contributed by atoms with van der Waals surface area (Å²) < 4.78 is 6.12. The molecule has 20 heavy (non-hydrogen) atoms. The number of aromatic hydroxyl groups is 1. The predicted octanol–water partition coefficient (Wildman–Crippen LogP) is 3.35. The second kappa shape index (κ2) is 6.92. The SMILES string of the molecule is CC(CC(O)c1ccco1)NCc1cc(O)ccc1Br. The minimum absolute atomic E-state index is 0.115. The molecule has 0 aliphatic heterocycles. The van der Waals surface area contributed by atoms with E-state index in [4.69, 9.17) is 4.42 Å². The molecule has 2 aromatic rings. The molecule has 3 N–H and O–H groups in total. The number of aliphatic hydroxyl groups excluding tert-OH is 1. The molecule has 0 bridgehead atoms. The molecule has 0 radical (unpaired) electrons. The lowest BCUT2D eigenvalue weighted by Crippen LogP contribution is -2.27. The van der Waals surface area contributed by atoms with Crippen LogP contribution in [0.5, 0.6) is 5.75 Å². The van der Waals surface area contributed by atoms with Crippen LogP contribution in [0.3, 0.4) is 0 Å². The van der Waals surface area contributed by atoms with Crippen LogP contribution in [0.2, 0.25) is 0 Å². The highest BCUT2D eigenvalue weighted by Crippen LogP contribution is 2.22. The number of halogens is 1. The van der Waals surface area contributed by atoms with Crippen LogP contribution < -0.4 is 5.32 Å². The summed E-state index contributed by atoms with van der Waals surface area (Å²) in [6.45, 7) is 2.61. The normalized spacial score (nSPS) is 14.2. The van der Waals surface area contributed by atoms with E-state index in [9.17, 15) is 10.2 Å². The Balaban J connectivity index is 1.86. The number of hydrogen-bond acceptors (Lipinski definition) is 4. The molecule has 5 heteroatoms. The van der Waals surface area contributed by atoms with Gasteiger partial charge in [-0.2, -0.15) is 0 Å². The van der Waals surface area contributed by atoms with E-state index in [-0.39, 0.29) is 11.8 Å². The number of hydrogen-bond donors (Lipinski definition) is 3. The van der Waals surface area contributed by atoms with Crippen LogP contribution in [0.4, 0.5) is 0 Å². The van der Waals surface area contributed by atoms with Gasteiger partial charge in [0, 0.05) is 17.1 Å². The van der Waals surface area contributed by atoms with Crippen LogP contribution >= 0.6 is 15.9 Å². The molecule has 2 rings (SSSR count). The van der Waals surface area contributed by atoms with Gasteiger partial charge in [-0.05, 0) is 49.2 Å². The van der Waals surface area contributed by atoms with Crippen LogP contribution in [0.15, 0.2) is 45.5 Å². The van der Waals surface area contributed by atoms with Gasteiger partial charge in [0.2, 0.25) is 0 Å². The van der Waals surface area contributed by atoms with Crippen molar-refractivity contribution in [3.63, 3.8) is 0 Å². The second-order valence-corrected chi connectivity index (χ2v) is 5.68. The summed E-state index contributed by atoms with van der Waals surface area (Å²) in [5, 5.41) is 22.8. The molecule has 0 aliphatic carbocycles. The molecule has 0 spiro atoms. The second-order valence-electron chi connectivity index (χ2n) is 4.82. The zero-order valence-corrected chi connectivity index (χ0v) is 12.8. The van der Waals surface area contributed by atoms with Gasteiger partial charge >= 0.3 is 0 Å². The van der Waals surface area contributed by atoms with Crippen molar-refractivity contribution in [2.24, 2.45) is 0 Å². The zero-order chi connectivity index (χ0) is 14.5. The molecule has 0 saturated carbocycles. The maximum absolute atomic E-state index is 9.99. The van der Waals surface area contributed by atoms with Gasteiger partial charge in [-0.1, -0.05) is 15.9 Å². The van der Waals surface area contributed by atoms with Gasteiger partial charge in [0.15, 0.2) is 0 Å². The predicted molar refractivity (Wildman–Crippen MR) is 80.4 cm³/mol. The minimum Gasteiger partial charge on any atom is -0.508 e. The van der Waals surface area contributed by atoms with E-state index >= 15 is 0 Å². The van der Waals surface area contributed by atoms with Gasteiger partial charge < -0.3 is 19.9 Å². The minimum atomic E-state index is -0.611. The molecule has 4 nitrogen and oxygen atoms in total. The Labute approximate surface area is 126 Å². The molecule has 0 aliphatic rings. The largest absolute Gasteiger partial charge is 0.508 e. The van der Waals surface area contributed by atoms with Crippen molar-refractivity contribution >= 4 is 15.9 Å². The smallest absolute Gasteiger partial charge is 0.132 e. The Morgan fingerprint density at radius 1 is 1.35 bits per heavy atom. The lowest BCUT2D eigenvalue weighted by atomic mass is 10.1. The highest BCUT2D eigenvalue weighted by atomic mass is 79.9. The van der Waals surface area contributed by atoms with E-state index in [0.29, 0.717) is 18.7 Å². The van der Waals surface area contributed by atoms with Crippen molar-refractivity contribution in [3.8, 4) is 5.75 Å². The summed E-state index contributed by atoms with van der Waals surface area (Å²) >= 11 is 3.45. The molecule has 0 fully saturated rings. The zero-order valence-electron chi connectivity index (χ0n) is 11.2. The van der Waals surface area contributed by atoms with Gasteiger partial charge in [-0.25, -0.2) is 0 Å². The van der Waals surface area contributed by atoms with E-state index in [0.717, 1.165) is 10.0 Å². The first-order valence-corrected chi connectivity index (χ1v) is 7.28. The molecule has 0 amide bonds. The number of nitrogens with one attached hydrogen (secondary N) is 1. The first-order chi connectivity index (χ1) is 9.56. The molecular formula is C15H18BrNO3. The van der Waals surface area contributed by atoms with Crippen LogP contribution in [0.25, 0.3) is 0 Å². The van der Waals surface area contributed by atoms with Crippen molar-refractivity contribution < 1.29 is 14.6 Å². The Hall–Kier alpha value is -1.30. The van der Waals surface area contributed by atoms with E-state index in [1.807, 2.05) is 13.0 Å². The third kappa shape index (κ3) is 4.10. The maximum atomic E-state index is 9.99. The Morgan fingerprint density at radius 2 is 2.15 bits per heavy atom. The first-order valence-electron chi connectivity index (χ1n) is 6.48. The van der Waals surface area contributed by atoms with Gasteiger partial charge in [-0.3, -0.25) is 0 Å². The number of aliphatic hydroxyl groups is 1. The average molecular weight is 340 g/mol. The number of benzene rings is 1. The lowest BCUT2D eigenvalue weighted by molar-refractivity contribution is 0.128. The molecule has 108 valence electrons. The Morgan fingerprint density at radius 3 is 2.85 bits per heavy atom. The summed E-state index contributed by atoms with van der Waals surface area (Å²) in [6, 6.07) is 8.81. The molecule has 2 unspecified atom stereocenters. The standard InChI is InChI=1S/C15H18BrNO3/c1-10(7-14(19)15-3-2-6-20-15)17-9-11-8-12(18)4-5-13(11)16/h2-6,8,10,14,17-19H,7,9H2,1H3. The van der Waals surface area contributed by atoms with Crippen molar-refractivity contribution in [1.82, 2.24) is 5.32 Å². The summed E-state index contributed by atoms with van der Waals surface area (Å²) in [7, 11) is 0. The molecule has 2 atom stereocenters. The lowest BCUT2D eigenvalue weighted by Gasteiger charge is -2.17. The van der Waals surface area contributed by atoms with E-state index in [2.05, 4.69) is 21.2 Å². The molecule has 1 aromatic carbocycles. The highest BCUT2D eigenvalue weighted by molar-refractivity contribution is 9.10. The fraction of sp³-hybridized carbons (Fsp3) is 0.333. The summed E-state index contributed by atoms with van der Waals surface area (Å²) in [5.41, 5.74) is 0.976. The fourth-order valence-corrected chi connectivity index (χ4v) is 2.38. The van der Waals surface area contributed by atoms with Crippen LogP contribution in [0.1, 0.15) is 30.8 Å². The van der Waals surface area contributed by atoms with E-state index in [1.54, 1.807) is 30.5 Å². The third-order valence-corrected chi connectivity index (χ3v) is 3.89. The van der Waals surface area contributed by atoms with Crippen molar-refractivity contribution in [2.75, 3.05) is 0 Å². The molecular weight excluding hydrogens is 322 g/mol. The van der Waals surface area contributed by atoms with E-state index < -0.39 is 6.10 Å². The monoisotopic (exact) mass is 339 g/mol. The van der Waals surface area contributed by atoms with Gasteiger partial charge in [0.1, 0.15) is 17.6 Å². The van der Waals surface area contributed by atoms with Crippen molar-refractivity contribution in [3.05, 3.63) is 52.4 Å². The van der Waals surface area contributed by atoms with Crippen molar-refractivity contribution in [2.45, 2.75) is 32.0 Å². The molecule has 1 heterocycles. The maximum Gasteiger partial charge on any atom is 0.132 e. The molecule has 0 saturated heterocycles. The van der Waals surface area contributed by atoms with Gasteiger partial charge in [0.25, 0.3) is 0 Å². The van der Waals surface area contributed by atoms with Crippen molar-refractivity contribution in [1.29, 1.82) is 0 Å². The average Bonchev–Trinajstić information content (AvgIpc) is 2.94.